The number of hydrogen-bond acceptors (Lipinski definition) is 6. The topological polar surface area (TPSA) is 122 Å². The van der Waals surface area contributed by atoms with Gasteiger partial charge in [0.25, 0.3) is 5.91 Å². The lowest BCUT2D eigenvalue weighted by Gasteiger charge is -2.34. The molecule has 3 atom stereocenters. The minimum Gasteiger partial charge on any atom is -0.449 e. The van der Waals surface area contributed by atoms with Crippen LogP contribution in [0.4, 0.5) is 11.4 Å². The van der Waals surface area contributed by atoms with Gasteiger partial charge in [0.15, 0.2) is 6.10 Å². The molecule has 9 nitrogen and oxygen atoms in total. The first kappa shape index (κ1) is 26.4. The van der Waals surface area contributed by atoms with E-state index in [-0.39, 0.29) is 28.2 Å². The number of amides is 2. The number of rotatable bonds is 7. The molecule has 1 saturated heterocycles. The largest absolute Gasteiger partial charge is 0.449 e. The van der Waals surface area contributed by atoms with Crippen molar-refractivity contribution in [1.29, 1.82) is 0 Å². The van der Waals surface area contributed by atoms with Crippen LogP contribution >= 0.6 is 0 Å². The molecule has 2 amide bonds. The second-order valence-electron chi connectivity index (χ2n) is 9.09. The van der Waals surface area contributed by atoms with Crippen LogP contribution in [0.15, 0.2) is 53.4 Å². The Balaban J connectivity index is 1.59. The van der Waals surface area contributed by atoms with Crippen LogP contribution < -0.4 is 10.6 Å². The van der Waals surface area contributed by atoms with Crippen LogP contribution in [0.3, 0.4) is 0 Å². The van der Waals surface area contributed by atoms with E-state index >= 15 is 0 Å². The average molecular weight is 502 g/mol. The van der Waals surface area contributed by atoms with E-state index in [1.54, 1.807) is 24.3 Å². The molecule has 188 valence electrons. The van der Waals surface area contributed by atoms with Gasteiger partial charge < -0.3 is 15.4 Å². The number of esters is 1. The maximum absolute atomic E-state index is 13.0. The van der Waals surface area contributed by atoms with Crippen LogP contribution in [0, 0.1) is 11.8 Å². The predicted molar refractivity (Wildman–Crippen MR) is 132 cm³/mol. The Morgan fingerprint density at radius 1 is 0.914 bits per heavy atom. The number of nitrogens with zero attached hydrogens (tertiary/aromatic N) is 1. The molecule has 0 aliphatic carbocycles. The lowest BCUT2D eigenvalue weighted by Crippen LogP contribution is -2.42. The van der Waals surface area contributed by atoms with Crippen LogP contribution in [0.2, 0.25) is 0 Å². The number of carbonyl (C=O) groups is 3. The zero-order valence-corrected chi connectivity index (χ0v) is 21.1. The molecular formula is C25H31N3O6S. The average Bonchev–Trinajstić information content (AvgIpc) is 2.79. The number of ether oxygens (including phenoxy) is 1. The van der Waals surface area contributed by atoms with Crippen molar-refractivity contribution in [2.75, 3.05) is 23.7 Å². The van der Waals surface area contributed by atoms with Gasteiger partial charge in [-0.25, -0.2) is 13.2 Å². The van der Waals surface area contributed by atoms with E-state index in [1.807, 2.05) is 13.8 Å². The molecule has 0 radical (unpaired) electrons. The predicted octanol–water partition coefficient (Wildman–Crippen LogP) is 3.50. The van der Waals surface area contributed by atoms with Gasteiger partial charge in [-0.3, -0.25) is 9.59 Å². The normalized spacial score (nSPS) is 19.4. The molecule has 2 N–H and O–H groups in total. The van der Waals surface area contributed by atoms with Gasteiger partial charge in [-0.2, -0.15) is 4.31 Å². The molecule has 35 heavy (non-hydrogen) atoms. The summed E-state index contributed by atoms with van der Waals surface area (Å²) in [5.41, 5.74) is 1.20. The van der Waals surface area contributed by atoms with Gasteiger partial charge in [-0.15, -0.1) is 0 Å². The molecule has 1 heterocycles. The monoisotopic (exact) mass is 501 g/mol. The van der Waals surface area contributed by atoms with Crippen molar-refractivity contribution in [3.05, 3.63) is 54.1 Å². The Morgan fingerprint density at radius 3 is 1.94 bits per heavy atom. The van der Waals surface area contributed by atoms with E-state index in [2.05, 4.69) is 10.6 Å². The Labute approximate surface area is 205 Å². The molecule has 0 saturated carbocycles. The summed E-state index contributed by atoms with van der Waals surface area (Å²) in [5, 5.41) is 5.26. The van der Waals surface area contributed by atoms with Crippen molar-refractivity contribution in [2.24, 2.45) is 11.8 Å². The van der Waals surface area contributed by atoms with Gasteiger partial charge in [0.2, 0.25) is 15.9 Å². The van der Waals surface area contributed by atoms with Crippen LogP contribution in [-0.4, -0.2) is 49.7 Å². The zero-order valence-electron chi connectivity index (χ0n) is 20.3. The van der Waals surface area contributed by atoms with Crippen molar-refractivity contribution < 1.29 is 27.5 Å². The van der Waals surface area contributed by atoms with Crippen LogP contribution in [0.25, 0.3) is 0 Å². The van der Waals surface area contributed by atoms with Gasteiger partial charge in [0, 0.05) is 31.4 Å². The molecule has 1 fully saturated rings. The third-order valence-electron chi connectivity index (χ3n) is 5.69. The van der Waals surface area contributed by atoms with Crippen molar-refractivity contribution in [1.82, 2.24) is 4.31 Å². The highest BCUT2D eigenvalue weighted by molar-refractivity contribution is 7.89. The molecule has 3 unspecified atom stereocenters. The first-order chi connectivity index (χ1) is 16.5. The van der Waals surface area contributed by atoms with Crippen molar-refractivity contribution in [2.45, 2.75) is 45.1 Å². The number of sulfonamides is 1. The second-order valence-corrected chi connectivity index (χ2v) is 11.0. The van der Waals surface area contributed by atoms with Gasteiger partial charge in [-0.05, 0) is 73.7 Å². The van der Waals surface area contributed by atoms with E-state index in [1.165, 1.54) is 42.4 Å². The number of benzene rings is 2. The molecule has 0 bridgehead atoms. The van der Waals surface area contributed by atoms with Crippen molar-refractivity contribution in [3.63, 3.8) is 0 Å². The lowest BCUT2D eigenvalue weighted by molar-refractivity contribution is -0.123. The molecule has 0 aromatic heterocycles. The summed E-state index contributed by atoms with van der Waals surface area (Å²) in [5.74, 6) is -0.907. The van der Waals surface area contributed by atoms with Crippen LogP contribution in [0.5, 0.6) is 0 Å². The molecule has 1 aliphatic heterocycles. The Kier molecular flexibility index (Phi) is 8.29. The summed E-state index contributed by atoms with van der Waals surface area (Å²) in [7, 11) is -3.66. The van der Waals surface area contributed by atoms with E-state index < -0.39 is 28.0 Å². The Hall–Kier alpha value is -3.24. The fourth-order valence-electron chi connectivity index (χ4n) is 4.08. The van der Waals surface area contributed by atoms with E-state index in [0.29, 0.717) is 24.5 Å². The fraction of sp³-hybridized carbons (Fsp3) is 0.400. The third-order valence-corrected chi connectivity index (χ3v) is 7.53. The number of nitrogens with one attached hydrogen (secondary N) is 2. The summed E-state index contributed by atoms with van der Waals surface area (Å²) in [6.45, 7) is 7.85. The van der Waals surface area contributed by atoms with E-state index in [0.717, 1.165) is 6.42 Å². The van der Waals surface area contributed by atoms with Crippen LogP contribution in [-0.2, 0) is 24.3 Å². The van der Waals surface area contributed by atoms with Crippen LogP contribution in [0.1, 0.15) is 44.5 Å². The molecule has 2 aromatic carbocycles. The SMILES string of the molecule is CC(=O)Nc1ccc(NC(=O)C(C)OC(=O)c2ccc(S(=O)(=O)N3CC(C)CC(C)C3)cc2)cc1. The minimum absolute atomic E-state index is 0.115. The van der Waals surface area contributed by atoms with Gasteiger partial charge in [-0.1, -0.05) is 13.8 Å². The van der Waals surface area contributed by atoms with Crippen molar-refractivity contribution in [3.8, 4) is 0 Å². The Bertz CT molecular complexity index is 1170. The smallest absolute Gasteiger partial charge is 0.338 e. The highest BCUT2D eigenvalue weighted by Gasteiger charge is 2.31. The number of carbonyl (C=O) groups excluding carboxylic acids is 3. The summed E-state index contributed by atoms with van der Waals surface area (Å²) >= 11 is 0. The van der Waals surface area contributed by atoms with Gasteiger partial charge in [0.05, 0.1) is 10.5 Å². The quantitative estimate of drug-likeness (QED) is 0.560. The molecule has 2 aromatic rings. The molecule has 10 heteroatoms. The summed E-state index contributed by atoms with van der Waals surface area (Å²) in [4.78, 5) is 36.1. The maximum atomic E-state index is 13.0. The molecule has 0 spiro atoms. The summed E-state index contributed by atoms with van der Waals surface area (Å²) in [6.07, 6.45) is -0.0949. The fourth-order valence-corrected chi connectivity index (χ4v) is 5.76. The summed E-state index contributed by atoms with van der Waals surface area (Å²) in [6, 6.07) is 12.0. The first-order valence-corrected chi connectivity index (χ1v) is 12.9. The standard InChI is InChI=1S/C25H31N3O6S/c1-16-13-17(2)15-28(14-16)35(32,33)23-11-5-20(6-12-23)25(31)34-18(3)24(30)27-22-9-7-21(8-10-22)26-19(4)29/h5-12,16-18H,13-15H2,1-4H3,(H,26,29)(H,27,30). The maximum Gasteiger partial charge on any atom is 0.338 e. The highest BCUT2D eigenvalue weighted by Crippen LogP contribution is 2.27. The highest BCUT2D eigenvalue weighted by atomic mass is 32.2. The van der Waals surface area contributed by atoms with Crippen molar-refractivity contribution >= 4 is 39.2 Å². The number of hydrogen-bond donors (Lipinski definition) is 2. The zero-order chi connectivity index (χ0) is 25.8. The Morgan fingerprint density at radius 2 is 1.43 bits per heavy atom. The lowest BCUT2D eigenvalue weighted by atomic mass is 9.94. The molecule has 1 aliphatic rings. The summed E-state index contributed by atoms with van der Waals surface area (Å²) < 4.78 is 32.8. The molecule has 3 rings (SSSR count). The number of piperidine rings is 1. The third kappa shape index (κ3) is 6.89. The number of anilines is 2. The second kappa shape index (κ2) is 11.0. The molecular weight excluding hydrogens is 470 g/mol. The van der Waals surface area contributed by atoms with E-state index in [4.69, 9.17) is 4.74 Å². The minimum atomic E-state index is -3.66. The van der Waals surface area contributed by atoms with Gasteiger partial charge >= 0.3 is 5.97 Å². The first-order valence-electron chi connectivity index (χ1n) is 11.5. The van der Waals surface area contributed by atoms with Gasteiger partial charge in [0.1, 0.15) is 0 Å². The van der Waals surface area contributed by atoms with E-state index in [9.17, 15) is 22.8 Å².